The lowest BCUT2D eigenvalue weighted by Crippen LogP contribution is -2.59. The van der Waals surface area contributed by atoms with Crippen LogP contribution in [0.1, 0.15) is 32.1 Å². The van der Waals surface area contributed by atoms with E-state index < -0.39 is 15.4 Å². The van der Waals surface area contributed by atoms with E-state index in [1.165, 1.54) is 0 Å². The largest absolute Gasteiger partial charge is 0.368 e. The summed E-state index contributed by atoms with van der Waals surface area (Å²) in [5.41, 5.74) is 5.27. The first-order chi connectivity index (χ1) is 9.93. The molecule has 7 heteroatoms. The molecule has 21 heavy (non-hydrogen) atoms. The van der Waals surface area contributed by atoms with Crippen molar-refractivity contribution in [2.45, 2.75) is 43.7 Å². The number of carbonyl (C=O) groups excluding carboxylic acids is 1. The molecule has 0 aromatic heterocycles. The van der Waals surface area contributed by atoms with Gasteiger partial charge in [-0.05, 0) is 32.1 Å². The topological polar surface area (TPSA) is 83.7 Å². The van der Waals surface area contributed by atoms with Crippen molar-refractivity contribution < 1.29 is 13.2 Å². The van der Waals surface area contributed by atoms with Gasteiger partial charge in [0, 0.05) is 32.2 Å². The van der Waals surface area contributed by atoms with Gasteiger partial charge in [-0.2, -0.15) is 0 Å². The molecule has 3 aliphatic heterocycles. The van der Waals surface area contributed by atoms with Crippen LogP contribution in [0, 0.1) is 0 Å². The van der Waals surface area contributed by atoms with E-state index in [1.54, 1.807) is 0 Å². The van der Waals surface area contributed by atoms with Gasteiger partial charge in [-0.15, -0.1) is 0 Å². The highest BCUT2D eigenvalue weighted by Gasteiger charge is 2.52. The van der Waals surface area contributed by atoms with Gasteiger partial charge < -0.3 is 10.6 Å². The lowest BCUT2D eigenvalue weighted by molar-refractivity contribution is -0.131. The Morgan fingerprint density at radius 1 is 1.14 bits per heavy atom. The van der Waals surface area contributed by atoms with Gasteiger partial charge in [0.15, 0.2) is 9.84 Å². The molecule has 0 unspecified atom stereocenters. The van der Waals surface area contributed by atoms with Gasteiger partial charge in [-0.3, -0.25) is 9.69 Å². The van der Waals surface area contributed by atoms with Crippen LogP contribution in [0.15, 0.2) is 0 Å². The van der Waals surface area contributed by atoms with E-state index in [0.717, 1.165) is 45.2 Å². The van der Waals surface area contributed by atoms with Gasteiger partial charge in [0.25, 0.3) is 0 Å². The van der Waals surface area contributed by atoms with E-state index in [-0.39, 0.29) is 17.4 Å². The van der Waals surface area contributed by atoms with Gasteiger partial charge >= 0.3 is 0 Å². The summed E-state index contributed by atoms with van der Waals surface area (Å²) >= 11 is 0. The maximum atomic E-state index is 12.0. The van der Waals surface area contributed by atoms with Crippen molar-refractivity contribution >= 4 is 15.7 Å². The standard InChI is InChI=1S/C14H25N3O3S/c15-13(18)14-4-1-2-12(3-5-14)17(14)7-6-16-8-10-21(19,20)11-9-16/h12H,1-11H2,(H2,15,18)/t12-,14+/m1/s1. The first-order valence-electron chi connectivity index (χ1n) is 7.92. The molecule has 2 N–H and O–H groups in total. The lowest BCUT2D eigenvalue weighted by atomic mass is 9.87. The maximum absolute atomic E-state index is 12.0. The first-order valence-corrected chi connectivity index (χ1v) is 9.75. The molecule has 120 valence electrons. The van der Waals surface area contributed by atoms with Gasteiger partial charge in [0.05, 0.1) is 11.5 Å². The number of fused-ring (bicyclic) bond motifs is 2. The Bertz CT molecular complexity index is 504. The number of nitrogens with two attached hydrogens (primary N) is 1. The molecule has 0 spiro atoms. The molecule has 3 rings (SSSR count). The minimum atomic E-state index is -2.82. The van der Waals surface area contributed by atoms with Gasteiger partial charge in [-0.1, -0.05) is 0 Å². The number of hydrogen-bond donors (Lipinski definition) is 1. The number of piperidine rings is 1. The average molecular weight is 315 g/mol. The van der Waals surface area contributed by atoms with E-state index in [2.05, 4.69) is 9.80 Å². The summed E-state index contributed by atoms with van der Waals surface area (Å²) in [6.07, 6.45) is 5.08. The molecule has 0 radical (unpaired) electrons. The summed E-state index contributed by atoms with van der Waals surface area (Å²) in [6.45, 7) is 2.89. The van der Waals surface area contributed by atoms with Crippen molar-refractivity contribution in [2.24, 2.45) is 5.73 Å². The minimum Gasteiger partial charge on any atom is -0.368 e. The number of primary amides is 1. The Labute approximate surface area is 126 Å². The highest BCUT2D eigenvalue weighted by molar-refractivity contribution is 7.91. The normalized spacial score (nSPS) is 36.7. The smallest absolute Gasteiger partial charge is 0.237 e. The predicted octanol–water partition coefficient (Wildman–Crippen LogP) is -0.411. The fourth-order valence-corrected chi connectivity index (χ4v) is 5.54. The number of amides is 1. The summed E-state index contributed by atoms with van der Waals surface area (Å²) in [4.78, 5) is 16.5. The van der Waals surface area contributed by atoms with Gasteiger partial charge in [0.2, 0.25) is 5.91 Å². The predicted molar refractivity (Wildman–Crippen MR) is 80.6 cm³/mol. The number of nitrogens with zero attached hydrogens (tertiary/aromatic N) is 2. The van der Waals surface area contributed by atoms with Crippen molar-refractivity contribution in [1.29, 1.82) is 0 Å². The zero-order valence-corrected chi connectivity index (χ0v) is 13.3. The zero-order valence-electron chi connectivity index (χ0n) is 12.5. The zero-order chi connectivity index (χ0) is 15.1. The van der Waals surface area contributed by atoms with Crippen molar-refractivity contribution in [1.82, 2.24) is 9.80 Å². The number of hydrogen-bond acceptors (Lipinski definition) is 5. The van der Waals surface area contributed by atoms with Crippen molar-refractivity contribution in [2.75, 3.05) is 37.7 Å². The molecule has 3 aliphatic rings. The van der Waals surface area contributed by atoms with E-state index in [0.29, 0.717) is 19.1 Å². The van der Waals surface area contributed by atoms with Crippen LogP contribution in [0.25, 0.3) is 0 Å². The Kier molecular flexibility index (Phi) is 4.00. The first kappa shape index (κ1) is 15.2. The third-order valence-electron chi connectivity index (χ3n) is 5.56. The molecule has 2 bridgehead atoms. The van der Waals surface area contributed by atoms with Crippen molar-refractivity contribution in [3.05, 3.63) is 0 Å². The van der Waals surface area contributed by atoms with Crippen molar-refractivity contribution in [3.8, 4) is 0 Å². The minimum absolute atomic E-state index is 0.175. The van der Waals surface area contributed by atoms with Crippen LogP contribution in [0.2, 0.25) is 0 Å². The van der Waals surface area contributed by atoms with Gasteiger partial charge in [-0.25, -0.2) is 8.42 Å². The fraction of sp³-hybridized carbons (Fsp3) is 0.929. The molecule has 2 atom stereocenters. The van der Waals surface area contributed by atoms with Crippen LogP contribution in [-0.2, 0) is 14.6 Å². The molecule has 3 fully saturated rings. The molecule has 3 heterocycles. The Hall–Kier alpha value is -0.660. The molecular weight excluding hydrogens is 290 g/mol. The number of rotatable bonds is 4. The van der Waals surface area contributed by atoms with Crippen LogP contribution < -0.4 is 5.73 Å². The van der Waals surface area contributed by atoms with E-state index in [9.17, 15) is 13.2 Å². The molecule has 3 saturated heterocycles. The summed E-state index contributed by atoms with van der Waals surface area (Å²) in [5.74, 6) is 0.348. The third kappa shape index (κ3) is 2.83. The van der Waals surface area contributed by atoms with Crippen LogP contribution in [-0.4, -0.2) is 73.4 Å². The van der Waals surface area contributed by atoms with E-state index in [1.807, 2.05) is 0 Å². The summed E-state index contributed by atoms with van der Waals surface area (Å²) < 4.78 is 22.9. The lowest BCUT2D eigenvalue weighted by Gasteiger charge is -2.43. The van der Waals surface area contributed by atoms with Crippen LogP contribution in [0.3, 0.4) is 0 Å². The molecule has 0 saturated carbocycles. The third-order valence-corrected chi connectivity index (χ3v) is 7.17. The second-order valence-electron chi connectivity index (χ2n) is 6.67. The summed E-state index contributed by atoms with van der Waals surface area (Å²) in [7, 11) is -2.82. The van der Waals surface area contributed by atoms with E-state index in [4.69, 9.17) is 5.73 Å². The Balaban J connectivity index is 1.61. The second kappa shape index (κ2) is 5.52. The molecular formula is C14H25N3O3S. The van der Waals surface area contributed by atoms with Gasteiger partial charge in [0.1, 0.15) is 5.54 Å². The van der Waals surface area contributed by atoms with Crippen LogP contribution >= 0.6 is 0 Å². The quantitative estimate of drug-likeness (QED) is 0.762. The fourth-order valence-electron chi connectivity index (χ4n) is 4.26. The number of sulfone groups is 1. The summed E-state index contributed by atoms with van der Waals surface area (Å²) in [6, 6.07) is 0.486. The molecule has 0 aromatic rings. The maximum Gasteiger partial charge on any atom is 0.237 e. The average Bonchev–Trinajstić information content (AvgIpc) is 2.64. The molecule has 6 nitrogen and oxygen atoms in total. The van der Waals surface area contributed by atoms with E-state index >= 15 is 0 Å². The monoisotopic (exact) mass is 315 g/mol. The van der Waals surface area contributed by atoms with Crippen molar-refractivity contribution in [3.63, 3.8) is 0 Å². The highest BCUT2D eigenvalue weighted by Crippen LogP contribution is 2.43. The SMILES string of the molecule is NC(=O)[C@]12CCC[C@H](CC1)N2CCN1CCS(=O)(=O)CC1. The van der Waals surface area contributed by atoms with Crippen LogP contribution in [0.4, 0.5) is 0 Å². The second-order valence-corrected chi connectivity index (χ2v) is 8.97. The Morgan fingerprint density at radius 3 is 2.52 bits per heavy atom. The highest BCUT2D eigenvalue weighted by atomic mass is 32.2. The number of carbonyl (C=O) groups is 1. The summed E-state index contributed by atoms with van der Waals surface area (Å²) in [5, 5.41) is 0. The Morgan fingerprint density at radius 2 is 1.86 bits per heavy atom. The molecule has 0 aromatic carbocycles. The molecule has 0 aliphatic carbocycles. The molecule has 1 amide bonds. The van der Waals surface area contributed by atoms with Crippen LogP contribution in [0.5, 0.6) is 0 Å².